The van der Waals surface area contributed by atoms with Gasteiger partial charge in [-0.25, -0.2) is 0 Å². The summed E-state index contributed by atoms with van der Waals surface area (Å²) in [7, 11) is 2.14. The summed E-state index contributed by atoms with van der Waals surface area (Å²) in [5.74, 6) is 0. The molecule has 0 fully saturated rings. The summed E-state index contributed by atoms with van der Waals surface area (Å²) in [5.41, 5.74) is 0. The van der Waals surface area contributed by atoms with Crippen LogP contribution in [0.5, 0.6) is 0 Å². The quantitative estimate of drug-likeness (QED) is 0.521. The van der Waals surface area contributed by atoms with Crippen LogP contribution in [0.4, 0.5) is 0 Å². The maximum atomic E-state index is 5.44. The van der Waals surface area contributed by atoms with Gasteiger partial charge in [0, 0.05) is 19.8 Å². The first-order chi connectivity index (χ1) is 5.81. The molecule has 0 unspecified atom stereocenters. The predicted molar refractivity (Wildman–Crippen MR) is 53.5 cm³/mol. The van der Waals surface area contributed by atoms with Gasteiger partial charge in [-0.1, -0.05) is 20.3 Å². The summed E-state index contributed by atoms with van der Waals surface area (Å²) in [6.45, 7) is 8.51. The first kappa shape index (κ1) is 11.9. The lowest BCUT2D eigenvalue weighted by atomic mass is 10.3. The van der Waals surface area contributed by atoms with Gasteiger partial charge in [0.1, 0.15) is 0 Å². The first-order valence-corrected chi connectivity index (χ1v) is 5.07. The SMILES string of the molecule is CCCCOCCCN(C)CC. The van der Waals surface area contributed by atoms with Gasteiger partial charge in [0.25, 0.3) is 0 Å². The molecule has 0 aliphatic rings. The Hall–Kier alpha value is -0.0800. The van der Waals surface area contributed by atoms with Crippen LogP contribution >= 0.6 is 0 Å². The highest BCUT2D eigenvalue weighted by atomic mass is 16.5. The molecule has 0 saturated carbocycles. The average molecular weight is 173 g/mol. The summed E-state index contributed by atoms with van der Waals surface area (Å²) in [4.78, 5) is 2.31. The number of ether oxygens (including phenoxy) is 1. The van der Waals surface area contributed by atoms with Crippen molar-refractivity contribution in [3.8, 4) is 0 Å². The Morgan fingerprint density at radius 2 is 1.75 bits per heavy atom. The number of nitrogens with zero attached hydrogens (tertiary/aromatic N) is 1. The van der Waals surface area contributed by atoms with Crippen molar-refractivity contribution in [2.45, 2.75) is 33.1 Å². The third kappa shape index (κ3) is 8.02. The van der Waals surface area contributed by atoms with Gasteiger partial charge < -0.3 is 9.64 Å². The molecule has 0 spiro atoms. The van der Waals surface area contributed by atoms with E-state index >= 15 is 0 Å². The number of unbranched alkanes of at least 4 members (excludes halogenated alkanes) is 1. The van der Waals surface area contributed by atoms with Gasteiger partial charge >= 0.3 is 0 Å². The van der Waals surface area contributed by atoms with E-state index in [0.717, 1.165) is 32.7 Å². The molecule has 2 nitrogen and oxygen atoms in total. The largest absolute Gasteiger partial charge is 0.381 e. The van der Waals surface area contributed by atoms with Gasteiger partial charge in [-0.05, 0) is 26.4 Å². The topological polar surface area (TPSA) is 12.5 Å². The Kier molecular flexibility index (Phi) is 8.95. The molecule has 0 aliphatic heterocycles. The fraction of sp³-hybridized carbons (Fsp3) is 1.00. The van der Waals surface area contributed by atoms with E-state index in [2.05, 4.69) is 25.8 Å². The van der Waals surface area contributed by atoms with Gasteiger partial charge in [0.2, 0.25) is 0 Å². The van der Waals surface area contributed by atoms with Crippen molar-refractivity contribution in [2.24, 2.45) is 0 Å². The molecule has 0 heterocycles. The molecule has 0 bridgehead atoms. The molecule has 0 rings (SSSR count). The molecule has 0 aromatic carbocycles. The molecule has 0 N–H and O–H groups in total. The third-order valence-electron chi connectivity index (χ3n) is 2.01. The van der Waals surface area contributed by atoms with Gasteiger partial charge in [0.15, 0.2) is 0 Å². The zero-order valence-corrected chi connectivity index (χ0v) is 8.81. The van der Waals surface area contributed by atoms with E-state index in [1.165, 1.54) is 12.8 Å². The fourth-order valence-electron chi connectivity index (χ4n) is 0.943. The summed E-state index contributed by atoms with van der Waals surface area (Å²) in [5, 5.41) is 0. The van der Waals surface area contributed by atoms with Crippen molar-refractivity contribution < 1.29 is 4.74 Å². The second kappa shape index (κ2) is 9.01. The zero-order valence-electron chi connectivity index (χ0n) is 8.81. The average Bonchev–Trinajstić information content (AvgIpc) is 2.10. The van der Waals surface area contributed by atoms with Gasteiger partial charge in [-0.2, -0.15) is 0 Å². The first-order valence-electron chi connectivity index (χ1n) is 5.07. The van der Waals surface area contributed by atoms with Crippen LogP contribution in [-0.4, -0.2) is 38.3 Å². The summed E-state index contributed by atoms with van der Waals surface area (Å²) in [6.07, 6.45) is 3.59. The highest BCUT2D eigenvalue weighted by Gasteiger charge is 1.93. The lowest BCUT2D eigenvalue weighted by Crippen LogP contribution is -2.20. The normalized spacial score (nSPS) is 11.0. The van der Waals surface area contributed by atoms with Crippen molar-refractivity contribution >= 4 is 0 Å². The van der Waals surface area contributed by atoms with Crippen LogP contribution in [0.1, 0.15) is 33.1 Å². The molecule has 0 atom stereocenters. The van der Waals surface area contributed by atoms with E-state index < -0.39 is 0 Å². The molecule has 74 valence electrons. The molecule has 0 saturated heterocycles. The molecular weight excluding hydrogens is 150 g/mol. The molecular formula is C10H23NO. The van der Waals surface area contributed by atoms with E-state index in [4.69, 9.17) is 4.74 Å². The summed E-state index contributed by atoms with van der Waals surface area (Å²) < 4.78 is 5.44. The Balaban J connectivity index is 2.90. The number of rotatable bonds is 8. The molecule has 0 radical (unpaired) electrons. The highest BCUT2D eigenvalue weighted by Crippen LogP contribution is 1.91. The Morgan fingerprint density at radius 3 is 2.33 bits per heavy atom. The van der Waals surface area contributed by atoms with Crippen LogP contribution in [0.25, 0.3) is 0 Å². The van der Waals surface area contributed by atoms with Crippen LogP contribution in [0.3, 0.4) is 0 Å². The van der Waals surface area contributed by atoms with Crippen molar-refractivity contribution in [3.63, 3.8) is 0 Å². The highest BCUT2D eigenvalue weighted by molar-refractivity contribution is 4.46. The van der Waals surface area contributed by atoms with Gasteiger partial charge in [0.05, 0.1) is 0 Å². The van der Waals surface area contributed by atoms with Crippen LogP contribution < -0.4 is 0 Å². The maximum absolute atomic E-state index is 5.44. The maximum Gasteiger partial charge on any atom is 0.0478 e. The predicted octanol–water partition coefficient (Wildman–Crippen LogP) is 2.14. The molecule has 0 aromatic rings. The molecule has 2 heteroatoms. The monoisotopic (exact) mass is 173 g/mol. The smallest absolute Gasteiger partial charge is 0.0478 e. The van der Waals surface area contributed by atoms with Crippen LogP contribution in [0.2, 0.25) is 0 Å². The van der Waals surface area contributed by atoms with Gasteiger partial charge in [-0.3, -0.25) is 0 Å². The molecule has 0 aliphatic carbocycles. The Bertz CT molecular complexity index is 85.9. The van der Waals surface area contributed by atoms with Crippen molar-refractivity contribution in [1.82, 2.24) is 4.90 Å². The zero-order chi connectivity index (χ0) is 9.23. The molecule has 0 aromatic heterocycles. The molecule has 0 amide bonds. The van der Waals surface area contributed by atoms with E-state index in [1.54, 1.807) is 0 Å². The second-order valence-corrected chi connectivity index (χ2v) is 3.22. The summed E-state index contributed by atoms with van der Waals surface area (Å²) in [6, 6.07) is 0. The van der Waals surface area contributed by atoms with E-state index in [1.807, 2.05) is 0 Å². The van der Waals surface area contributed by atoms with Crippen LogP contribution in [0, 0.1) is 0 Å². The fourth-order valence-corrected chi connectivity index (χ4v) is 0.943. The van der Waals surface area contributed by atoms with E-state index in [0.29, 0.717) is 0 Å². The van der Waals surface area contributed by atoms with E-state index in [9.17, 15) is 0 Å². The van der Waals surface area contributed by atoms with Crippen molar-refractivity contribution in [3.05, 3.63) is 0 Å². The lowest BCUT2D eigenvalue weighted by Gasteiger charge is -2.12. The van der Waals surface area contributed by atoms with Crippen LogP contribution in [0.15, 0.2) is 0 Å². The lowest BCUT2D eigenvalue weighted by molar-refractivity contribution is 0.121. The Labute approximate surface area is 76.9 Å². The van der Waals surface area contributed by atoms with E-state index in [-0.39, 0.29) is 0 Å². The third-order valence-corrected chi connectivity index (χ3v) is 2.01. The van der Waals surface area contributed by atoms with Crippen LogP contribution in [-0.2, 0) is 4.74 Å². The standard InChI is InChI=1S/C10H23NO/c1-4-6-9-12-10-7-8-11(3)5-2/h4-10H2,1-3H3. The second-order valence-electron chi connectivity index (χ2n) is 3.22. The number of hydrogen-bond donors (Lipinski definition) is 0. The number of hydrogen-bond acceptors (Lipinski definition) is 2. The minimum absolute atomic E-state index is 0.921. The minimum atomic E-state index is 0.921. The van der Waals surface area contributed by atoms with Crippen molar-refractivity contribution in [1.29, 1.82) is 0 Å². The van der Waals surface area contributed by atoms with Gasteiger partial charge in [-0.15, -0.1) is 0 Å². The summed E-state index contributed by atoms with van der Waals surface area (Å²) >= 11 is 0. The Morgan fingerprint density at radius 1 is 1.08 bits per heavy atom. The minimum Gasteiger partial charge on any atom is -0.381 e. The van der Waals surface area contributed by atoms with Crippen molar-refractivity contribution in [2.75, 3.05) is 33.4 Å². The molecule has 12 heavy (non-hydrogen) atoms.